The molecule has 1 N–H and O–H groups in total. The number of carbonyl (C=O) groups is 3. The maximum Gasteiger partial charge on any atom is 0.259 e. The summed E-state index contributed by atoms with van der Waals surface area (Å²) in [5.41, 5.74) is 3.20. The third kappa shape index (κ3) is 5.20. The maximum absolute atomic E-state index is 13.0. The van der Waals surface area contributed by atoms with E-state index >= 15 is 0 Å². The van der Waals surface area contributed by atoms with Crippen molar-refractivity contribution in [3.63, 3.8) is 0 Å². The number of amides is 3. The molecule has 2 aromatic heterocycles. The smallest absolute Gasteiger partial charge is 0.259 e. The fraction of sp³-hybridized carbons (Fsp3) is 0.250. The predicted octanol–water partition coefficient (Wildman–Crippen LogP) is 3.97. The van der Waals surface area contributed by atoms with Gasteiger partial charge in [0.25, 0.3) is 11.8 Å². The van der Waals surface area contributed by atoms with Gasteiger partial charge in [0.05, 0.1) is 16.6 Å². The lowest BCUT2D eigenvalue weighted by Crippen LogP contribution is -2.26. The number of hydrogen-bond donors (Lipinski definition) is 1. The van der Waals surface area contributed by atoms with Gasteiger partial charge >= 0.3 is 0 Å². The molecular formula is C28H28N6O3. The highest BCUT2D eigenvalue weighted by atomic mass is 16.2. The first-order valence-corrected chi connectivity index (χ1v) is 12.3. The predicted molar refractivity (Wildman–Crippen MR) is 142 cm³/mol. The zero-order valence-electron chi connectivity index (χ0n) is 20.6. The molecule has 5 rings (SSSR count). The van der Waals surface area contributed by atoms with Crippen LogP contribution in [0.25, 0.3) is 11.0 Å². The van der Waals surface area contributed by atoms with Crippen molar-refractivity contribution in [2.45, 2.75) is 25.8 Å². The van der Waals surface area contributed by atoms with Gasteiger partial charge in [0.2, 0.25) is 11.9 Å². The molecule has 188 valence electrons. The van der Waals surface area contributed by atoms with Crippen LogP contribution in [0.3, 0.4) is 0 Å². The molecule has 3 heterocycles. The maximum atomic E-state index is 13.0. The van der Waals surface area contributed by atoms with Crippen LogP contribution in [0.2, 0.25) is 0 Å². The van der Waals surface area contributed by atoms with E-state index in [9.17, 15) is 14.4 Å². The molecule has 3 amide bonds. The molecule has 2 aromatic carbocycles. The second-order valence-electron chi connectivity index (χ2n) is 9.02. The summed E-state index contributed by atoms with van der Waals surface area (Å²) in [4.78, 5) is 50.1. The molecule has 1 saturated heterocycles. The van der Waals surface area contributed by atoms with Gasteiger partial charge in [-0.2, -0.15) is 0 Å². The first-order valence-electron chi connectivity index (χ1n) is 12.3. The van der Waals surface area contributed by atoms with Crippen molar-refractivity contribution < 1.29 is 14.4 Å². The quantitative estimate of drug-likeness (QED) is 0.398. The Morgan fingerprint density at radius 2 is 1.84 bits per heavy atom. The molecule has 1 fully saturated rings. The Morgan fingerprint density at radius 3 is 2.57 bits per heavy atom. The molecule has 1 aliphatic rings. The van der Waals surface area contributed by atoms with E-state index in [4.69, 9.17) is 4.98 Å². The van der Waals surface area contributed by atoms with Crippen molar-refractivity contribution in [1.29, 1.82) is 0 Å². The average molecular weight is 497 g/mol. The molecule has 0 unspecified atom stereocenters. The number of aromatic nitrogens is 3. The van der Waals surface area contributed by atoms with Crippen molar-refractivity contribution in [3.8, 4) is 0 Å². The zero-order valence-corrected chi connectivity index (χ0v) is 20.6. The third-order valence-corrected chi connectivity index (χ3v) is 6.57. The molecule has 0 atom stereocenters. The third-order valence-electron chi connectivity index (χ3n) is 6.57. The van der Waals surface area contributed by atoms with Gasteiger partial charge in [0.15, 0.2) is 0 Å². The second kappa shape index (κ2) is 10.6. The number of pyridine rings is 1. The lowest BCUT2D eigenvalue weighted by Gasteiger charge is -2.18. The minimum absolute atomic E-state index is 0.125. The van der Waals surface area contributed by atoms with Crippen LogP contribution in [0, 0.1) is 0 Å². The molecule has 1 aliphatic heterocycles. The molecule has 9 heteroatoms. The van der Waals surface area contributed by atoms with E-state index in [0.717, 1.165) is 24.9 Å². The molecule has 0 saturated carbocycles. The van der Waals surface area contributed by atoms with Gasteiger partial charge in [0.1, 0.15) is 0 Å². The molecular weight excluding hydrogens is 468 g/mol. The Bertz CT molecular complexity index is 1430. The molecule has 0 bridgehead atoms. The zero-order chi connectivity index (χ0) is 25.8. The van der Waals surface area contributed by atoms with Gasteiger partial charge in [-0.3, -0.25) is 24.7 Å². The molecule has 0 spiro atoms. The van der Waals surface area contributed by atoms with Crippen LogP contribution in [-0.2, 0) is 11.3 Å². The van der Waals surface area contributed by atoms with E-state index in [1.807, 2.05) is 45.9 Å². The average Bonchev–Trinajstić information content (AvgIpc) is 3.50. The normalized spacial score (nSPS) is 13.2. The Labute approximate surface area is 214 Å². The van der Waals surface area contributed by atoms with Gasteiger partial charge in [-0.05, 0) is 55.3 Å². The highest BCUT2D eigenvalue weighted by Crippen LogP contribution is 2.26. The number of anilines is 2. The number of nitrogens with zero attached hydrogens (tertiary/aromatic N) is 5. The summed E-state index contributed by atoms with van der Waals surface area (Å²) in [6, 6.07) is 18.1. The number of hydrogen-bond acceptors (Lipinski definition) is 5. The first-order chi connectivity index (χ1) is 18.0. The Balaban J connectivity index is 1.43. The highest BCUT2D eigenvalue weighted by molar-refractivity contribution is 6.07. The van der Waals surface area contributed by atoms with E-state index in [1.54, 1.807) is 42.4 Å². The second-order valence-corrected chi connectivity index (χ2v) is 9.02. The Hall–Kier alpha value is -4.53. The number of fused-ring (bicyclic) bond motifs is 1. The van der Waals surface area contributed by atoms with E-state index in [-0.39, 0.29) is 17.7 Å². The summed E-state index contributed by atoms with van der Waals surface area (Å²) in [5.74, 6) is 0.165. The van der Waals surface area contributed by atoms with Gasteiger partial charge in [-0.15, -0.1) is 0 Å². The number of imidazole rings is 1. The Morgan fingerprint density at radius 1 is 1.03 bits per heavy atom. The number of likely N-dealkylation sites (tertiary alicyclic amines) is 1. The van der Waals surface area contributed by atoms with E-state index in [1.165, 1.54) is 6.20 Å². The summed E-state index contributed by atoms with van der Waals surface area (Å²) >= 11 is 0. The molecule has 9 nitrogen and oxygen atoms in total. The molecule has 4 aromatic rings. The standard InChI is InChI=1S/C28H28N6O3/c1-32(27(37)20-8-3-2-4-9-20)22-12-13-24-23(18-22)30-28(31-26(36)21-10-5-14-29-19-21)34(24)17-7-16-33-15-6-11-25(33)35/h2-5,8-10,12-14,18-19H,6-7,11,15-17H2,1H3,(H,30,31,36). The van der Waals surface area contributed by atoms with Crippen LogP contribution < -0.4 is 10.2 Å². The summed E-state index contributed by atoms with van der Waals surface area (Å²) in [7, 11) is 1.73. The van der Waals surface area contributed by atoms with Crippen LogP contribution in [-0.4, -0.2) is 57.3 Å². The number of rotatable bonds is 8. The fourth-order valence-electron chi connectivity index (χ4n) is 4.57. The van der Waals surface area contributed by atoms with Gasteiger partial charge in [-0.1, -0.05) is 18.2 Å². The van der Waals surface area contributed by atoms with E-state index < -0.39 is 0 Å². The van der Waals surface area contributed by atoms with E-state index in [0.29, 0.717) is 47.8 Å². The van der Waals surface area contributed by atoms with E-state index in [2.05, 4.69) is 10.3 Å². The number of nitrogens with one attached hydrogen (secondary N) is 1. The van der Waals surface area contributed by atoms with Crippen LogP contribution in [0.5, 0.6) is 0 Å². The van der Waals surface area contributed by atoms with Crippen molar-refractivity contribution in [1.82, 2.24) is 19.4 Å². The van der Waals surface area contributed by atoms with Crippen molar-refractivity contribution in [2.75, 3.05) is 30.4 Å². The Kier molecular flexibility index (Phi) is 6.93. The number of carbonyl (C=O) groups excluding carboxylic acids is 3. The monoisotopic (exact) mass is 496 g/mol. The van der Waals surface area contributed by atoms with Crippen LogP contribution >= 0.6 is 0 Å². The van der Waals surface area contributed by atoms with Crippen LogP contribution in [0.4, 0.5) is 11.6 Å². The summed E-state index contributed by atoms with van der Waals surface area (Å²) in [6.45, 7) is 2.02. The summed E-state index contributed by atoms with van der Waals surface area (Å²) in [5, 5.41) is 2.91. The SMILES string of the molecule is CN(C(=O)c1ccccc1)c1ccc2c(c1)nc(NC(=O)c1cccnc1)n2CCCN1CCCC1=O. The fourth-order valence-corrected chi connectivity index (χ4v) is 4.57. The molecule has 0 aliphatic carbocycles. The van der Waals surface area contributed by atoms with Gasteiger partial charge < -0.3 is 14.4 Å². The minimum Gasteiger partial charge on any atom is -0.343 e. The summed E-state index contributed by atoms with van der Waals surface area (Å²) < 4.78 is 1.95. The minimum atomic E-state index is -0.309. The first kappa shape index (κ1) is 24.2. The van der Waals surface area contributed by atoms with Gasteiger partial charge in [-0.25, -0.2) is 4.98 Å². The van der Waals surface area contributed by atoms with Crippen molar-refractivity contribution in [2.24, 2.45) is 0 Å². The van der Waals surface area contributed by atoms with Crippen molar-refractivity contribution >= 4 is 40.4 Å². The molecule has 37 heavy (non-hydrogen) atoms. The van der Waals surface area contributed by atoms with Crippen LogP contribution in [0.1, 0.15) is 40.0 Å². The highest BCUT2D eigenvalue weighted by Gasteiger charge is 2.21. The largest absolute Gasteiger partial charge is 0.343 e. The lowest BCUT2D eigenvalue weighted by molar-refractivity contribution is -0.127. The van der Waals surface area contributed by atoms with Gasteiger partial charge in [0, 0.05) is 56.7 Å². The number of benzene rings is 2. The topological polar surface area (TPSA) is 100 Å². The molecule has 0 radical (unpaired) electrons. The number of aryl methyl sites for hydroxylation is 1. The lowest BCUT2D eigenvalue weighted by atomic mass is 10.2. The summed E-state index contributed by atoms with van der Waals surface area (Å²) in [6.07, 6.45) is 5.35. The van der Waals surface area contributed by atoms with Crippen LogP contribution in [0.15, 0.2) is 73.1 Å². The van der Waals surface area contributed by atoms with Crippen molar-refractivity contribution in [3.05, 3.63) is 84.2 Å².